The third-order valence-electron chi connectivity index (χ3n) is 5.73. The van der Waals surface area contributed by atoms with E-state index in [0.717, 1.165) is 12.0 Å². The van der Waals surface area contributed by atoms with E-state index < -0.39 is 27.8 Å². The van der Waals surface area contributed by atoms with Crippen LogP contribution in [0.5, 0.6) is 11.5 Å². The molecule has 0 saturated heterocycles. The van der Waals surface area contributed by atoms with Crippen molar-refractivity contribution >= 4 is 15.9 Å². The monoisotopic (exact) mass is 458 g/mol. The summed E-state index contributed by atoms with van der Waals surface area (Å²) in [7, 11) is -3.59. The molecule has 7 heteroatoms. The van der Waals surface area contributed by atoms with Crippen LogP contribution in [0.3, 0.4) is 0 Å². The Balaban J connectivity index is 1.78. The first kappa shape index (κ1) is 24.0. The number of hydrogen-bond donors (Lipinski definition) is 3. The molecule has 0 radical (unpaired) electrons. The van der Waals surface area contributed by atoms with Crippen LogP contribution in [0, 0.1) is 0 Å². The highest BCUT2D eigenvalue weighted by molar-refractivity contribution is 7.92. The van der Waals surface area contributed by atoms with E-state index in [9.17, 15) is 23.7 Å². The fourth-order valence-corrected chi connectivity index (χ4v) is 5.85. The molecule has 1 aliphatic heterocycles. The van der Waals surface area contributed by atoms with Crippen LogP contribution in [0.1, 0.15) is 31.7 Å². The molecule has 0 amide bonds. The Hall–Kier alpha value is -2.61. The van der Waals surface area contributed by atoms with E-state index in [0.29, 0.717) is 35.3 Å². The van der Waals surface area contributed by atoms with E-state index in [2.05, 4.69) is 0 Å². The van der Waals surface area contributed by atoms with Crippen LogP contribution in [-0.2, 0) is 9.84 Å². The molecule has 2 atom stereocenters. The fraction of sp³-hybridized carbons (Fsp3) is 0.360. The second-order valence-corrected chi connectivity index (χ2v) is 10.1. The molecule has 6 nitrogen and oxygen atoms in total. The van der Waals surface area contributed by atoms with Crippen molar-refractivity contribution in [3.8, 4) is 11.5 Å². The molecule has 0 fully saturated rings. The summed E-state index contributed by atoms with van der Waals surface area (Å²) in [4.78, 5) is 0. The zero-order valence-electron chi connectivity index (χ0n) is 18.1. The largest absolute Gasteiger partial charge is 0.507 e. The van der Waals surface area contributed by atoms with Crippen LogP contribution >= 0.6 is 0 Å². The maximum absolute atomic E-state index is 12.6. The highest BCUT2D eigenvalue weighted by atomic mass is 32.2. The number of phenols is 1. The van der Waals surface area contributed by atoms with Crippen molar-refractivity contribution < 1.29 is 28.5 Å². The SMILES string of the molecule is CC/C(=C\c1ccccc1O)CC[C@@H](O)C1=C(COc2ccccc2)CS(=O)(=O)[C@H]1CO. The summed E-state index contributed by atoms with van der Waals surface area (Å²) in [5.41, 5.74) is 2.57. The molecule has 3 N–H and O–H groups in total. The number of hydrogen-bond acceptors (Lipinski definition) is 6. The van der Waals surface area contributed by atoms with Gasteiger partial charge in [-0.25, -0.2) is 8.42 Å². The average molecular weight is 459 g/mol. The van der Waals surface area contributed by atoms with E-state index in [4.69, 9.17) is 4.74 Å². The number of sulfone groups is 1. The molecule has 0 aliphatic carbocycles. The normalized spacial score (nSPS) is 19.2. The number of ether oxygens (including phenoxy) is 1. The molecule has 32 heavy (non-hydrogen) atoms. The molecule has 0 unspecified atom stereocenters. The van der Waals surface area contributed by atoms with Gasteiger partial charge in [0.25, 0.3) is 0 Å². The molecule has 2 aromatic carbocycles. The van der Waals surface area contributed by atoms with Crippen LogP contribution in [0.4, 0.5) is 0 Å². The average Bonchev–Trinajstić information content (AvgIpc) is 3.06. The molecular weight excluding hydrogens is 428 g/mol. The summed E-state index contributed by atoms with van der Waals surface area (Å²) >= 11 is 0. The van der Waals surface area contributed by atoms with Crippen molar-refractivity contribution in [1.82, 2.24) is 0 Å². The van der Waals surface area contributed by atoms with E-state index >= 15 is 0 Å². The lowest BCUT2D eigenvalue weighted by molar-refractivity contribution is 0.187. The number of aliphatic hydroxyl groups excluding tert-OH is 2. The number of benzene rings is 2. The Morgan fingerprint density at radius 2 is 1.84 bits per heavy atom. The minimum absolute atomic E-state index is 0.0422. The van der Waals surface area contributed by atoms with E-state index in [1.807, 2.05) is 43.3 Å². The van der Waals surface area contributed by atoms with Crippen molar-refractivity contribution in [2.45, 2.75) is 37.5 Å². The second kappa shape index (κ2) is 10.8. The predicted octanol–water partition coefficient (Wildman–Crippen LogP) is 3.49. The molecule has 3 rings (SSSR count). The van der Waals surface area contributed by atoms with Crippen LogP contribution < -0.4 is 4.74 Å². The van der Waals surface area contributed by atoms with Gasteiger partial charge >= 0.3 is 0 Å². The molecular formula is C25H30O6S. The Labute approximate surface area is 189 Å². The molecule has 1 heterocycles. The lowest BCUT2D eigenvalue weighted by atomic mass is 9.94. The summed E-state index contributed by atoms with van der Waals surface area (Å²) in [5.74, 6) is 0.563. The Morgan fingerprint density at radius 3 is 2.50 bits per heavy atom. The summed E-state index contributed by atoms with van der Waals surface area (Å²) in [5, 5.41) is 29.6. The van der Waals surface area contributed by atoms with Gasteiger partial charge in [-0.1, -0.05) is 55.0 Å². The topological polar surface area (TPSA) is 104 Å². The van der Waals surface area contributed by atoms with Gasteiger partial charge in [-0.05, 0) is 48.6 Å². The minimum atomic E-state index is -3.59. The van der Waals surface area contributed by atoms with Crippen molar-refractivity contribution in [1.29, 1.82) is 0 Å². The standard InChI is InChI=1S/C25H30O6S/c1-2-18(14-19-8-6-7-11-22(19)27)12-13-23(28)25-20(17-32(29,30)24(25)15-26)16-31-21-9-4-3-5-10-21/h3-11,14,23-24,26-28H,2,12-13,15-17H2,1H3/b18-14+/t23-,24+/m1/s1. The van der Waals surface area contributed by atoms with E-state index in [1.54, 1.807) is 24.3 Å². The highest BCUT2D eigenvalue weighted by Gasteiger charge is 2.41. The molecule has 2 aromatic rings. The van der Waals surface area contributed by atoms with Gasteiger partial charge < -0.3 is 20.1 Å². The number of aromatic hydroxyl groups is 1. The smallest absolute Gasteiger partial charge is 0.163 e. The van der Waals surface area contributed by atoms with E-state index in [-0.39, 0.29) is 18.1 Å². The summed E-state index contributed by atoms with van der Waals surface area (Å²) in [6.45, 7) is 1.46. The summed E-state index contributed by atoms with van der Waals surface area (Å²) < 4.78 is 30.9. The quantitative estimate of drug-likeness (QED) is 0.471. The zero-order chi connectivity index (χ0) is 23.1. The molecule has 0 bridgehead atoms. The number of rotatable bonds is 10. The van der Waals surface area contributed by atoms with Gasteiger partial charge in [0, 0.05) is 5.56 Å². The zero-order valence-corrected chi connectivity index (χ0v) is 19.0. The van der Waals surface area contributed by atoms with Gasteiger partial charge in [-0.2, -0.15) is 0 Å². The lowest BCUT2D eigenvalue weighted by Crippen LogP contribution is -2.29. The third-order valence-corrected chi connectivity index (χ3v) is 7.76. The maximum Gasteiger partial charge on any atom is 0.163 e. The van der Waals surface area contributed by atoms with Crippen LogP contribution in [-0.4, -0.2) is 54.1 Å². The van der Waals surface area contributed by atoms with Crippen molar-refractivity contribution in [2.75, 3.05) is 19.0 Å². The Morgan fingerprint density at radius 1 is 1.16 bits per heavy atom. The van der Waals surface area contributed by atoms with Gasteiger partial charge in [-0.15, -0.1) is 0 Å². The Kier molecular flexibility index (Phi) is 8.12. The Bertz CT molecular complexity index is 1070. The van der Waals surface area contributed by atoms with Crippen LogP contribution in [0.15, 0.2) is 71.3 Å². The van der Waals surface area contributed by atoms with Gasteiger partial charge in [0.1, 0.15) is 23.4 Å². The van der Waals surface area contributed by atoms with Gasteiger partial charge in [0.2, 0.25) is 0 Å². The van der Waals surface area contributed by atoms with Crippen LogP contribution in [0.25, 0.3) is 6.08 Å². The highest BCUT2D eigenvalue weighted by Crippen LogP contribution is 2.33. The lowest BCUT2D eigenvalue weighted by Gasteiger charge is -2.20. The maximum atomic E-state index is 12.6. The van der Waals surface area contributed by atoms with Crippen LogP contribution in [0.2, 0.25) is 0 Å². The minimum Gasteiger partial charge on any atom is -0.507 e. The first-order valence-corrected chi connectivity index (χ1v) is 12.4. The van der Waals surface area contributed by atoms with Crippen molar-refractivity contribution in [3.05, 3.63) is 76.9 Å². The summed E-state index contributed by atoms with van der Waals surface area (Å²) in [6.07, 6.45) is 2.44. The molecule has 172 valence electrons. The number of phenolic OH excluding ortho intramolecular Hbond substituents is 1. The first-order chi connectivity index (χ1) is 15.4. The predicted molar refractivity (Wildman–Crippen MR) is 125 cm³/mol. The number of allylic oxidation sites excluding steroid dienone is 1. The van der Waals surface area contributed by atoms with Crippen molar-refractivity contribution in [2.24, 2.45) is 0 Å². The van der Waals surface area contributed by atoms with E-state index in [1.165, 1.54) is 0 Å². The van der Waals surface area contributed by atoms with Gasteiger partial charge in [0.05, 0.1) is 18.5 Å². The second-order valence-electron chi connectivity index (χ2n) is 7.91. The summed E-state index contributed by atoms with van der Waals surface area (Å²) in [6, 6.07) is 16.1. The number of para-hydroxylation sites is 2. The third kappa shape index (κ3) is 5.79. The fourth-order valence-electron chi connectivity index (χ4n) is 3.98. The first-order valence-electron chi connectivity index (χ1n) is 10.7. The molecule has 0 saturated carbocycles. The molecule has 1 aliphatic rings. The van der Waals surface area contributed by atoms with Gasteiger partial charge in [-0.3, -0.25) is 0 Å². The number of aliphatic hydroxyl groups is 2. The molecule has 0 aromatic heterocycles. The van der Waals surface area contributed by atoms with Gasteiger partial charge in [0.15, 0.2) is 9.84 Å². The van der Waals surface area contributed by atoms with Crippen molar-refractivity contribution in [3.63, 3.8) is 0 Å². The molecule has 0 spiro atoms.